The van der Waals surface area contributed by atoms with Crippen LogP contribution in [0.4, 0.5) is 5.69 Å². The molecule has 0 atom stereocenters. The topological polar surface area (TPSA) is 49.4 Å². The maximum atomic E-state index is 12.9. The minimum absolute atomic E-state index is 0.0193. The van der Waals surface area contributed by atoms with E-state index >= 15 is 0 Å². The molecule has 2 amide bonds. The SMILES string of the molecule is O=C(CCc1ccccc1)Nc1ccccc1C(=O)N1CCCCCC1. The first-order valence-electron chi connectivity index (χ1n) is 9.46. The van der Waals surface area contributed by atoms with Gasteiger partial charge in [-0.05, 0) is 37.0 Å². The second-order valence-electron chi connectivity index (χ2n) is 6.79. The molecule has 4 heteroatoms. The third-order valence-corrected chi connectivity index (χ3v) is 4.81. The van der Waals surface area contributed by atoms with Crippen LogP contribution < -0.4 is 5.32 Å². The van der Waals surface area contributed by atoms with Crippen molar-refractivity contribution in [2.45, 2.75) is 38.5 Å². The van der Waals surface area contributed by atoms with E-state index in [1.165, 1.54) is 12.8 Å². The van der Waals surface area contributed by atoms with Crippen LogP contribution in [0, 0.1) is 0 Å². The summed E-state index contributed by atoms with van der Waals surface area (Å²) in [5.74, 6) is -0.0455. The molecule has 26 heavy (non-hydrogen) atoms. The van der Waals surface area contributed by atoms with Crippen LogP contribution in [0.15, 0.2) is 54.6 Å². The molecule has 1 aliphatic heterocycles. The Balaban J connectivity index is 1.64. The number of rotatable bonds is 5. The molecule has 136 valence electrons. The Labute approximate surface area is 155 Å². The van der Waals surface area contributed by atoms with Crippen LogP contribution in [0.2, 0.25) is 0 Å². The number of nitrogens with one attached hydrogen (secondary N) is 1. The number of anilines is 1. The first-order chi connectivity index (χ1) is 12.7. The van der Waals surface area contributed by atoms with E-state index in [1.54, 1.807) is 6.07 Å². The van der Waals surface area contributed by atoms with Gasteiger partial charge in [0.15, 0.2) is 0 Å². The number of hydrogen-bond acceptors (Lipinski definition) is 2. The number of aryl methyl sites for hydroxylation is 1. The van der Waals surface area contributed by atoms with E-state index in [2.05, 4.69) is 5.32 Å². The zero-order chi connectivity index (χ0) is 18.2. The fraction of sp³-hybridized carbons (Fsp3) is 0.364. The number of nitrogens with zero attached hydrogens (tertiary/aromatic N) is 1. The van der Waals surface area contributed by atoms with Crippen molar-refractivity contribution in [3.05, 3.63) is 65.7 Å². The molecule has 0 radical (unpaired) electrons. The van der Waals surface area contributed by atoms with E-state index in [0.29, 0.717) is 24.1 Å². The Morgan fingerprint density at radius 3 is 2.23 bits per heavy atom. The lowest BCUT2D eigenvalue weighted by Crippen LogP contribution is -2.32. The minimum atomic E-state index is -0.0648. The minimum Gasteiger partial charge on any atom is -0.339 e. The van der Waals surface area contributed by atoms with Crippen LogP contribution in [-0.4, -0.2) is 29.8 Å². The van der Waals surface area contributed by atoms with Gasteiger partial charge in [0.2, 0.25) is 5.91 Å². The fourth-order valence-corrected chi connectivity index (χ4v) is 3.34. The van der Waals surface area contributed by atoms with Gasteiger partial charge in [0.05, 0.1) is 11.3 Å². The smallest absolute Gasteiger partial charge is 0.255 e. The molecule has 1 fully saturated rings. The molecular weight excluding hydrogens is 324 g/mol. The van der Waals surface area contributed by atoms with E-state index in [0.717, 1.165) is 31.5 Å². The van der Waals surface area contributed by atoms with Crippen molar-refractivity contribution in [3.63, 3.8) is 0 Å². The summed E-state index contributed by atoms with van der Waals surface area (Å²) in [5.41, 5.74) is 2.33. The van der Waals surface area contributed by atoms with Crippen LogP contribution in [0.5, 0.6) is 0 Å². The highest BCUT2D eigenvalue weighted by atomic mass is 16.2. The Morgan fingerprint density at radius 1 is 0.846 bits per heavy atom. The molecule has 1 N–H and O–H groups in total. The lowest BCUT2D eigenvalue weighted by molar-refractivity contribution is -0.116. The summed E-state index contributed by atoms with van der Waals surface area (Å²) in [5, 5.41) is 2.93. The first-order valence-corrected chi connectivity index (χ1v) is 9.46. The van der Waals surface area contributed by atoms with Gasteiger partial charge in [-0.15, -0.1) is 0 Å². The maximum absolute atomic E-state index is 12.9. The molecule has 0 aliphatic carbocycles. The Bertz CT molecular complexity index is 735. The van der Waals surface area contributed by atoms with Gasteiger partial charge < -0.3 is 10.2 Å². The van der Waals surface area contributed by atoms with E-state index in [-0.39, 0.29) is 11.8 Å². The highest BCUT2D eigenvalue weighted by Gasteiger charge is 2.20. The average molecular weight is 350 g/mol. The van der Waals surface area contributed by atoms with Crippen LogP contribution in [-0.2, 0) is 11.2 Å². The van der Waals surface area contributed by atoms with Crippen molar-refractivity contribution in [1.82, 2.24) is 4.90 Å². The van der Waals surface area contributed by atoms with Gasteiger partial charge in [-0.1, -0.05) is 55.3 Å². The quantitative estimate of drug-likeness (QED) is 0.875. The largest absolute Gasteiger partial charge is 0.339 e. The highest BCUT2D eigenvalue weighted by Crippen LogP contribution is 2.20. The molecule has 0 aromatic heterocycles. The summed E-state index contributed by atoms with van der Waals surface area (Å²) in [6.07, 6.45) is 5.56. The molecule has 0 unspecified atom stereocenters. The lowest BCUT2D eigenvalue weighted by Gasteiger charge is -2.22. The van der Waals surface area contributed by atoms with Crippen LogP contribution >= 0.6 is 0 Å². The predicted molar refractivity (Wildman–Crippen MR) is 104 cm³/mol. The molecule has 2 aromatic carbocycles. The van der Waals surface area contributed by atoms with Crippen molar-refractivity contribution >= 4 is 17.5 Å². The molecule has 1 aliphatic rings. The van der Waals surface area contributed by atoms with E-state index in [4.69, 9.17) is 0 Å². The third-order valence-electron chi connectivity index (χ3n) is 4.81. The van der Waals surface area contributed by atoms with E-state index < -0.39 is 0 Å². The summed E-state index contributed by atoms with van der Waals surface area (Å²) in [7, 11) is 0. The second kappa shape index (κ2) is 9.18. The van der Waals surface area contributed by atoms with Gasteiger partial charge in [-0.2, -0.15) is 0 Å². The molecule has 4 nitrogen and oxygen atoms in total. The number of para-hydroxylation sites is 1. The summed E-state index contributed by atoms with van der Waals surface area (Å²) >= 11 is 0. The van der Waals surface area contributed by atoms with E-state index in [9.17, 15) is 9.59 Å². The summed E-state index contributed by atoms with van der Waals surface area (Å²) < 4.78 is 0. The molecule has 1 heterocycles. The third kappa shape index (κ3) is 4.94. The molecule has 0 saturated carbocycles. The van der Waals surface area contributed by atoms with Crippen LogP contribution in [0.1, 0.15) is 48.0 Å². The molecule has 0 spiro atoms. The predicted octanol–water partition coefficient (Wildman–Crippen LogP) is 4.27. The monoisotopic (exact) mass is 350 g/mol. The van der Waals surface area contributed by atoms with Gasteiger partial charge in [0.1, 0.15) is 0 Å². The Hall–Kier alpha value is -2.62. The Morgan fingerprint density at radius 2 is 1.50 bits per heavy atom. The molecule has 1 saturated heterocycles. The van der Waals surface area contributed by atoms with Gasteiger partial charge in [-0.25, -0.2) is 0 Å². The molecule has 0 bridgehead atoms. The fourth-order valence-electron chi connectivity index (χ4n) is 3.34. The second-order valence-corrected chi connectivity index (χ2v) is 6.79. The summed E-state index contributed by atoms with van der Waals surface area (Å²) in [4.78, 5) is 27.2. The summed E-state index contributed by atoms with van der Waals surface area (Å²) in [6, 6.07) is 17.3. The summed E-state index contributed by atoms with van der Waals surface area (Å²) in [6.45, 7) is 1.60. The number of amides is 2. The van der Waals surface area contributed by atoms with Crippen molar-refractivity contribution in [1.29, 1.82) is 0 Å². The zero-order valence-corrected chi connectivity index (χ0v) is 15.1. The van der Waals surface area contributed by atoms with Crippen molar-refractivity contribution in [2.24, 2.45) is 0 Å². The zero-order valence-electron chi connectivity index (χ0n) is 15.1. The normalized spacial score (nSPS) is 14.5. The van der Waals surface area contributed by atoms with Crippen molar-refractivity contribution in [2.75, 3.05) is 18.4 Å². The first kappa shape index (κ1) is 18.2. The molecule has 3 rings (SSSR count). The number of carbonyl (C=O) groups is 2. The standard InChI is InChI=1S/C22H26N2O2/c25-21(15-14-18-10-4-3-5-11-18)23-20-13-7-6-12-19(20)22(26)24-16-8-1-2-9-17-24/h3-7,10-13H,1-2,8-9,14-17H2,(H,23,25). The lowest BCUT2D eigenvalue weighted by atomic mass is 10.1. The van der Waals surface area contributed by atoms with Gasteiger partial charge in [0, 0.05) is 19.5 Å². The molecular formula is C22H26N2O2. The number of hydrogen-bond donors (Lipinski definition) is 1. The highest BCUT2D eigenvalue weighted by molar-refractivity contribution is 6.03. The number of benzene rings is 2. The van der Waals surface area contributed by atoms with Gasteiger partial charge >= 0.3 is 0 Å². The van der Waals surface area contributed by atoms with E-state index in [1.807, 2.05) is 53.4 Å². The Kier molecular flexibility index (Phi) is 6.42. The van der Waals surface area contributed by atoms with Crippen LogP contribution in [0.25, 0.3) is 0 Å². The average Bonchev–Trinajstić information content (AvgIpc) is 2.97. The number of carbonyl (C=O) groups excluding carboxylic acids is 2. The van der Waals surface area contributed by atoms with Gasteiger partial charge in [-0.3, -0.25) is 9.59 Å². The number of likely N-dealkylation sites (tertiary alicyclic amines) is 1. The van der Waals surface area contributed by atoms with Crippen molar-refractivity contribution < 1.29 is 9.59 Å². The van der Waals surface area contributed by atoms with Crippen LogP contribution in [0.3, 0.4) is 0 Å². The maximum Gasteiger partial charge on any atom is 0.255 e. The molecule has 2 aromatic rings. The van der Waals surface area contributed by atoms with Gasteiger partial charge in [0.25, 0.3) is 5.91 Å². The van der Waals surface area contributed by atoms with Crippen molar-refractivity contribution in [3.8, 4) is 0 Å².